The molecule has 0 radical (unpaired) electrons. The van der Waals surface area contributed by atoms with Gasteiger partial charge in [-0.25, -0.2) is 9.97 Å². The zero-order valence-electron chi connectivity index (χ0n) is 13.0. The van der Waals surface area contributed by atoms with Crippen molar-refractivity contribution in [3.8, 4) is 0 Å². The van der Waals surface area contributed by atoms with Gasteiger partial charge in [0.05, 0.1) is 29.5 Å². The second-order valence-electron chi connectivity index (χ2n) is 5.66. The zero-order chi connectivity index (χ0) is 16.7. The maximum Gasteiger partial charge on any atom is 0.261 e. The topological polar surface area (TPSA) is 69.3 Å². The van der Waals surface area contributed by atoms with Crippen LogP contribution in [0.4, 0.5) is 0 Å². The summed E-state index contributed by atoms with van der Waals surface area (Å²) in [5, 5.41) is 0.565. The van der Waals surface area contributed by atoms with Gasteiger partial charge in [-0.3, -0.25) is 18.6 Å². The monoisotopic (exact) mass is 318 g/mol. The minimum atomic E-state index is -0.173. The zero-order valence-corrected chi connectivity index (χ0v) is 13.0. The first kappa shape index (κ1) is 14.3. The Bertz CT molecular complexity index is 1190. The Morgan fingerprint density at radius 3 is 2.83 bits per heavy atom. The number of benzene rings is 1. The van der Waals surface area contributed by atoms with E-state index >= 15 is 0 Å². The number of rotatable bonds is 2. The lowest BCUT2D eigenvalue weighted by Gasteiger charge is -2.08. The average molecular weight is 318 g/mol. The largest absolute Gasteiger partial charge is 0.293 e. The Balaban J connectivity index is 1.84. The molecule has 3 heterocycles. The van der Waals surface area contributed by atoms with Crippen LogP contribution in [0.25, 0.3) is 16.6 Å². The quantitative estimate of drug-likeness (QED) is 0.565. The van der Waals surface area contributed by atoms with Crippen LogP contribution in [-0.2, 0) is 6.54 Å². The van der Waals surface area contributed by atoms with Crippen LogP contribution in [0.3, 0.4) is 0 Å². The molecule has 0 atom stereocenters. The van der Waals surface area contributed by atoms with Gasteiger partial charge in [0.15, 0.2) is 0 Å². The van der Waals surface area contributed by atoms with Crippen molar-refractivity contribution in [2.75, 3.05) is 0 Å². The molecule has 0 unspecified atom stereocenters. The molecule has 118 valence electrons. The fourth-order valence-electron chi connectivity index (χ4n) is 2.81. The highest BCUT2D eigenvalue weighted by Gasteiger charge is 2.08. The predicted octanol–water partition coefficient (Wildman–Crippen LogP) is 1.76. The molecule has 0 amide bonds. The lowest BCUT2D eigenvalue weighted by atomic mass is 10.1. The smallest absolute Gasteiger partial charge is 0.261 e. The first-order valence-electron chi connectivity index (χ1n) is 7.55. The Morgan fingerprint density at radius 1 is 1.08 bits per heavy atom. The van der Waals surface area contributed by atoms with Gasteiger partial charge < -0.3 is 0 Å². The van der Waals surface area contributed by atoms with E-state index in [0.29, 0.717) is 22.2 Å². The summed E-state index contributed by atoms with van der Waals surface area (Å²) in [6.45, 7) is 2.13. The van der Waals surface area contributed by atoms with E-state index in [1.807, 2.05) is 25.1 Å². The van der Waals surface area contributed by atoms with E-state index in [-0.39, 0.29) is 17.7 Å². The van der Waals surface area contributed by atoms with Gasteiger partial charge >= 0.3 is 0 Å². The number of fused-ring (bicyclic) bond motifs is 2. The van der Waals surface area contributed by atoms with E-state index < -0.39 is 0 Å². The summed E-state index contributed by atoms with van der Waals surface area (Å²) < 4.78 is 2.94. The van der Waals surface area contributed by atoms with E-state index in [1.54, 1.807) is 24.4 Å². The first-order valence-corrected chi connectivity index (χ1v) is 7.55. The van der Waals surface area contributed by atoms with Crippen molar-refractivity contribution in [2.24, 2.45) is 0 Å². The van der Waals surface area contributed by atoms with Crippen LogP contribution in [0.15, 0.2) is 64.6 Å². The van der Waals surface area contributed by atoms with E-state index in [4.69, 9.17) is 0 Å². The number of aryl methyl sites for hydroxylation is 1. The number of pyridine rings is 1. The van der Waals surface area contributed by atoms with E-state index in [0.717, 1.165) is 5.56 Å². The van der Waals surface area contributed by atoms with Gasteiger partial charge in [0.25, 0.3) is 11.1 Å². The number of nitrogens with zero attached hydrogens (tertiary/aromatic N) is 4. The number of aromatic nitrogens is 4. The molecule has 6 nitrogen and oxygen atoms in total. The summed E-state index contributed by atoms with van der Waals surface area (Å²) in [5.74, 6) is 0. The lowest BCUT2D eigenvalue weighted by Crippen LogP contribution is -2.23. The van der Waals surface area contributed by atoms with Crippen molar-refractivity contribution in [1.29, 1.82) is 0 Å². The minimum absolute atomic E-state index is 0.140. The van der Waals surface area contributed by atoms with Crippen molar-refractivity contribution < 1.29 is 0 Å². The molecule has 0 saturated carbocycles. The minimum Gasteiger partial charge on any atom is -0.293 e. The highest BCUT2D eigenvalue weighted by Crippen LogP contribution is 2.11. The molecule has 24 heavy (non-hydrogen) atoms. The summed E-state index contributed by atoms with van der Waals surface area (Å²) in [4.78, 5) is 33.6. The van der Waals surface area contributed by atoms with Crippen LogP contribution in [-0.4, -0.2) is 18.9 Å². The molecule has 6 heteroatoms. The number of hydrogen-bond acceptors (Lipinski definition) is 4. The Labute approximate surface area is 136 Å². The van der Waals surface area contributed by atoms with Crippen LogP contribution in [0.1, 0.15) is 11.3 Å². The third-order valence-electron chi connectivity index (χ3n) is 4.01. The second kappa shape index (κ2) is 5.42. The third kappa shape index (κ3) is 2.28. The van der Waals surface area contributed by atoms with Crippen LogP contribution in [0.2, 0.25) is 0 Å². The first-order chi connectivity index (χ1) is 11.6. The maximum atomic E-state index is 12.6. The molecule has 0 saturated heterocycles. The Morgan fingerprint density at radius 2 is 1.96 bits per heavy atom. The maximum absolute atomic E-state index is 12.6. The lowest BCUT2D eigenvalue weighted by molar-refractivity contribution is 0.726. The van der Waals surface area contributed by atoms with Crippen molar-refractivity contribution in [2.45, 2.75) is 13.5 Å². The number of hydrogen-bond donors (Lipinski definition) is 0. The normalized spacial score (nSPS) is 11.2. The van der Waals surface area contributed by atoms with Crippen molar-refractivity contribution >= 4 is 16.6 Å². The second-order valence-corrected chi connectivity index (χ2v) is 5.66. The summed E-state index contributed by atoms with van der Waals surface area (Å²) >= 11 is 0. The molecule has 4 aromatic rings. The molecular weight excluding hydrogens is 304 g/mol. The van der Waals surface area contributed by atoms with Crippen LogP contribution >= 0.6 is 0 Å². The van der Waals surface area contributed by atoms with Crippen molar-refractivity contribution in [3.05, 3.63) is 87.0 Å². The Kier molecular flexibility index (Phi) is 3.23. The number of para-hydroxylation sites is 1. The molecule has 4 rings (SSSR count). The summed E-state index contributed by atoms with van der Waals surface area (Å²) in [7, 11) is 0. The SMILES string of the molecule is Cc1cccc2c(=O)n(Cc3cc(=O)n4ccccc4n3)cnc12. The average Bonchev–Trinajstić information content (AvgIpc) is 2.58. The molecule has 0 N–H and O–H groups in total. The standard InChI is InChI=1S/C18H14N4O2/c1-12-5-4-6-14-17(12)19-11-21(18(14)24)10-13-9-16(23)22-8-3-2-7-15(22)20-13/h2-9,11H,10H2,1H3. The van der Waals surface area contributed by atoms with Gasteiger partial charge in [0, 0.05) is 12.3 Å². The van der Waals surface area contributed by atoms with E-state index in [1.165, 1.54) is 21.4 Å². The molecule has 3 aromatic heterocycles. The van der Waals surface area contributed by atoms with Crippen LogP contribution in [0.5, 0.6) is 0 Å². The highest BCUT2D eigenvalue weighted by molar-refractivity contribution is 5.80. The molecule has 0 spiro atoms. The van der Waals surface area contributed by atoms with Gasteiger partial charge in [0.2, 0.25) is 0 Å². The van der Waals surface area contributed by atoms with Gasteiger partial charge in [-0.1, -0.05) is 18.2 Å². The predicted molar refractivity (Wildman–Crippen MR) is 91.3 cm³/mol. The van der Waals surface area contributed by atoms with Gasteiger partial charge in [0.1, 0.15) is 5.65 Å². The molecule has 1 aromatic carbocycles. The van der Waals surface area contributed by atoms with E-state index in [2.05, 4.69) is 9.97 Å². The summed E-state index contributed by atoms with van der Waals surface area (Å²) in [6, 6.07) is 12.3. The molecule has 0 bridgehead atoms. The molecule has 0 aliphatic rings. The fourth-order valence-corrected chi connectivity index (χ4v) is 2.81. The molecule has 0 aliphatic carbocycles. The van der Waals surface area contributed by atoms with Gasteiger partial charge in [-0.2, -0.15) is 0 Å². The highest BCUT2D eigenvalue weighted by atomic mass is 16.1. The van der Waals surface area contributed by atoms with Gasteiger partial charge in [-0.05, 0) is 30.7 Å². The Hall–Kier alpha value is -3.28. The summed E-state index contributed by atoms with van der Waals surface area (Å²) in [5.41, 5.74) is 2.43. The van der Waals surface area contributed by atoms with Crippen molar-refractivity contribution in [1.82, 2.24) is 18.9 Å². The van der Waals surface area contributed by atoms with Crippen LogP contribution < -0.4 is 11.1 Å². The van der Waals surface area contributed by atoms with Gasteiger partial charge in [-0.15, -0.1) is 0 Å². The van der Waals surface area contributed by atoms with E-state index in [9.17, 15) is 9.59 Å². The van der Waals surface area contributed by atoms with Crippen LogP contribution in [0, 0.1) is 6.92 Å². The third-order valence-corrected chi connectivity index (χ3v) is 4.01. The molecule has 0 aliphatic heterocycles. The molecular formula is C18H14N4O2. The molecule has 0 fully saturated rings. The fraction of sp³-hybridized carbons (Fsp3) is 0.111. The van der Waals surface area contributed by atoms with Crippen molar-refractivity contribution in [3.63, 3.8) is 0 Å². The summed E-state index contributed by atoms with van der Waals surface area (Å²) in [6.07, 6.45) is 3.17.